The third-order valence-corrected chi connectivity index (χ3v) is 3.15. The number of benzene rings is 1. The minimum Gasteiger partial charge on any atom is -0.380 e. The maximum absolute atomic E-state index is 13.9. The Bertz CT molecular complexity index is 348. The van der Waals surface area contributed by atoms with Gasteiger partial charge >= 0.3 is 0 Å². The van der Waals surface area contributed by atoms with E-state index in [1.54, 1.807) is 13.2 Å². The predicted octanol–water partition coefficient (Wildman–Crippen LogP) is 2.44. The summed E-state index contributed by atoms with van der Waals surface area (Å²) in [4.78, 5) is 0. The molecule has 2 rings (SSSR count). The summed E-state index contributed by atoms with van der Waals surface area (Å²) in [6.45, 7) is 2.46. The first-order valence-electron chi connectivity index (χ1n) is 5.79. The summed E-state index contributed by atoms with van der Waals surface area (Å²) in [6, 6.07) is 5.48. The molecule has 2 nitrogen and oxygen atoms in total. The zero-order valence-corrected chi connectivity index (χ0v) is 9.63. The monoisotopic (exact) mass is 223 g/mol. The topological polar surface area (TPSA) is 21.3 Å². The molecule has 1 aromatic carbocycles. The molecule has 1 heterocycles. The average Bonchev–Trinajstić information content (AvgIpc) is 2.31. The lowest BCUT2D eigenvalue weighted by Gasteiger charge is -2.23. The van der Waals surface area contributed by atoms with Crippen molar-refractivity contribution in [3.05, 3.63) is 35.1 Å². The molecule has 1 saturated heterocycles. The zero-order valence-electron chi connectivity index (χ0n) is 9.63. The van der Waals surface area contributed by atoms with Gasteiger partial charge in [-0.25, -0.2) is 4.39 Å². The Balaban J connectivity index is 2.14. The Kier molecular flexibility index (Phi) is 3.91. The number of methoxy groups -OCH3 is 1. The molecule has 0 unspecified atom stereocenters. The van der Waals surface area contributed by atoms with Crippen LogP contribution in [-0.2, 0) is 11.3 Å². The Morgan fingerprint density at radius 1 is 1.38 bits per heavy atom. The summed E-state index contributed by atoms with van der Waals surface area (Å²) in [5, 5.41) is 3.29. The van der Waals surface area contributed by atoms with Gasteiger partial charge in [0.2, 0.25) is 0 Å². The van der Waals surface area contributed by atoms with Crippen LogP contribution in [0.4, 0.5) is 4.39 Å². The van der Waals surface area contributed by atoms with Gasteiger partial charge in [0.15, 0.2) is 0 Å². The third-order valence-electron chi connectivity index (χ3n) is 3.15. The normalized spacial score (nSPS) is 17.6. The van der Waals surface area contributed by atoms with Crippen LogP contribution in [0, 0.1) is 5.82 Å². The molecular weight excluding hydrogens is 205 g/mol. The lowest BCUT2D eigenvalue weighted by atomic mass is 9.89. The van der Waals surface area contributed by atoms with Crippen molar-refractivity contribution in [3.8, 4) is 0 Å². The molecule has 0 aromatic heterocycles. The standard InChI is InChI=1S/C13H18FNO/c1-16-9-10-2-3-12(13(14)8-10)11-4-6-15-7-5-11/h2-3,8,11,15H,4-7,9H2,1H3. The molecule has 0 bridgehead atoms. The minimum atomic E-state index is -0.0820. The highest BCUT2D eigenvalue weighted by Crippen LogP contribution is 2.27. The molecule has 0 radical (unpaired) electrons. The van der Waals surface area contributed by atoms with Crippen LogP contribution in [0.3, 0.4) is 0 Å². The van der Waals surface area contributed by atoms with Crippen LogP contribution in [0.15, 0.2) is 18.2 Å². The van der Waals surface area contributed by atoms with Crippen molar-refractivity contribution >= 4 is 0 Å². The molecule has 0 spiro atoms. The van der Waals surface area contributed by atoms with Crippen molar-refractivity contribution in [2.45, 2.75) is 25.4 Å². The van der Waals surface area contributed by atoms with Gasteiger partial charge in [-0.05, 0) is 49.0 Å². The van der Waals surface area contributed by atoms with E-state index in [9.17, 15) is 4.39 Å². The van der Waals surface area contributed by atoms with Crippen LogP contribution in [0.25, 0.3) is 0 Å². The van der Waals surface area contributed by atoms with Crippen LogP contribution in [-0.4, -0.2) is 20.2 Å². The van der Waals surface area contributed by atoms with Crippen molar-refractivity contribution in [1.29, 1.82) is 0 Å². The molecule has 1 fully saturated rings. The van der Waals surface area contributed by atoms with E-state index in [0.29, 0.717) is 12.5 Å². The largest absolute Gasteiger partial charge is 0.380 e. The van der Waals surface area contributed by atoms with E-state index in [0.717, 1.165) is 37.1 Å². The van der Waals surface area contributed by atoms with Gasteiger partial charge in [0.1, 0.15) is 5.82 Å². The van der Waals surface area contributed by atoms with E-state index >= 15 is 0 Å². The van der Waals surface area contributed by atoms with E-state index in [1.807, 2.05) is 12.1 Å². The Hall–Kier alpha value is -0.930. The van der Waals surface area contributed by atoms with E-state index in [2.05, 4.69) is 5.32 Å². The molecule has 88 valence electrons. The first-order chi connectivity index (χ1) is 7.81. The highest BCUT2D eigenvalue weighted by Gasteiger charge is 2.18. The van der Waals surface area contributed by atoms with E-state index in [-0.39, 0.29) is 5.82 Å². The number of hydrogen-bond acceptors (Lipinski definition) is 2. The van der Waals surface area contributed by atoms with E-state index in [4.69, 9.17) is 4.74 Å². The maximum atomic E-state index is 13.9. The molecule has 3 heteroatoms. The fourth-order valence-electron chi connectivity index (χ4n) is 2.29. The molecule has 1 aliphatic heterocycles. The van der Waals surface area contributed by atoms with Crippen molar-refractivity contribution in [1.82, 2.24) is 5.32 Å². The van der Waals surface area contributed by atoms with Crippen molar-refractivity contribution in [2.75, 3.05) is 20.2 Å². The number of hydrogen-bond donors (Lipinski definition) is 1. The first-order valence-corrected chi connectivity index (χ1v) is 5.79. The SMILES string of the molecule is COCc1ccc(C2CCNCC2)c(F)c1. The van der Waals surface area contributed by atoms with Gasteiger partial charge in [-0.15, -0.1) is 0 Å². The molecule has 1 aliphatic rings. The summed E-state index contributed by atoms with van der Waals surface area (Å²) in [5.41, 5.74) is 1.76. The number of rotatable bonds is 3. The lowest BCUT2D eigenvalue weighted by molar-refractivity contribution is 0.184. The first kappa shape index (κ1) is 11.6. The van der Waals surface area contributed by atoms with Crippen molar-refractivity contribution < 1.29 is 9.13 Å². The van der Waals surface area contributed by atoms with Crippen molar-refractivity contribution in [3.63, 3.8) is 0 Å². The fourth-order valence-corrected chi connectivity index (χ4v) is 2.29. The van der Waals surface area contributed by atoms with Crippen molar-refractivity contribution in [2.24, 2.45) is 0 Å². The summed E-state index contributed by atoms with van der Waals surface area (Å²) >= 11 is 0. The fraction of sp³-hybridized carbons (Fsp3) is 0.538. The predicted molar refractivity (Wildman–Crippen MR) is 62.0 cm³/mol. The Morgan fingerprint density at radius 2 is 2.12 bits per heavy atom. The second-order valence-electron chi connectivity index (χ2n) is 4.31. The quantitative estimate of drug-likeness (QED) is 0.849. The number of ether oxygens (including phenoxy) is 1. The number of halogens is 1. The molecule has 0 aliphatic carbocycles. The summed E-state index contributed by atoms with van der Waals surface area (Å²) < 4.78 is 18.9. The minimum absolute atomic E-state index is 0.0820. The van der Waals surface area contributed by atoms with Gasteiger partial charge in [0, 0.05) is 7.11 Å². The molecule has 1 aromatic rings. The van der Waals surface area contributed by atoms with Gasteiger partial charge in [-0.3, -0.25) is 0 Å². The second-order valence-corrected chi connectivity index (χ2v) is 4.31. The van der Waals surface area contributed by atoms with E-state index in [1.165, 1.54) is 0 Å². The average molecular weight is 223 g/mol. The van der Waals surface area contributed by atoms with Crippen LogP contribution in [0.1, 0.15) is 29.9 Å². The van der Waals surface area contributed by atoms with Gasteiger partial charge in [0.05, 0.1) is 6.61 Å². The molecular formula is C13H18FNO. The smallest absolute Gasteiger partial charge is 0.127 e. The van der Waals surface area contributed by atoms with Crippen LogP contribution in [0.5, 0.6) is 0 Å². The number of piperidine rings is 1. The van der Waals surface area contributed by atoms with Crippen LogP contribution < -0.4 is 5.32 Å². The van der Waals surface area contributed by atoms with Gasteiger partial charge < -0.3 is 10.1 Å². The molecule has 0 amide bonds. The number of nitrogens with one attached hydrogen (secondary N) is 1. The highest BCUT2D eigenvalue weighted by molar-refractivity contribution is 5.27. The van der Waals surface area contributed by atoms with Gasteiger partial charge in [-0.2, -0.15) is 0 Å². The van der Waals surface area contributed by atoms with Crippen LogP contribution >= 0.6 is 0 Å². The summed E-state index contributed by atoms with van der Waals surface area (Å²) in [5.74, 6) is 0.291. The highest BCUT2D eigenvalue weighted by atomic mass is 19.1. The molecule has 0 atom stereocenters. The molecule has 0 saturated carbocycles. The summed E-state index contributed by atoms with van der Waals surface area (Å²) in [7, 11) is 1.62. The van der Waals surface area contributed by atoms with E-state index < -0.39 is 0 Å². The molecule has 1 N–H and O–H groups in total. The van der Waals surface area contributed by atoms with Crippen LogP contribution in [0.2, 0.25) is 0 Å². The zero-order chi connectivity index (χ0) is 11.4. The lowest BCUT2D eigenvalue weighted by Crippen LogP contribution is -2.27. The maximum Gasteiger partial charge on any atom is 0.127 e. The second kappa shape index (κ2) is 5.41. The third kappa shape index (κ3) is 2.60. The van der Waals surface area contributed by atoms with Gasteiger partial charge in [-0.1, -0.05) is 12.1 Å². The summed E-state index contributed by atoms with van der Waals surface area (Å²) in [6.07, 6.45) is 2.06. The van der Waals surface area contributed by atoms with Gasteiger partial charge in [0.25, 0.3) is 0 Å². The Morgan fingerprint density at radius 3 is 2.75 bits per heavy atom. The Labute approximate surface area is 95.8 Å². The molecule has 16 heavy (non-hydrogen) atoms.